The predicted molar refractivity (Wildman–Crippen MR) is 213 cm³/mol. The van der Waals surface area contributed by atoms with Crippen LogP contribution in [0.4, 0.5) is 0 Å². The van der Waals surface area contributed by atoms with E-state index in [1.807, 2.05) is 0 Å². The maximum absolute atomic E-state index is 14.0. The Morgan fingerprint density at radius 3 is 1.21 bits per heavy atom. The minimum Gasteiger partial charge on any atom is -0.480 e. The number of aliphatic carboxylic acids is 1. The number of hydrogen-bond donors (Lipinski definition) is 14. The molecule has 1 aliphatic heterocycles. The van der Waals surface area contributed by atoms with Crippen molar-refractivity contribution < 1.29 is 33.9 Å². The zero-order valence-corrected chi connectivity index (χ0v) is 32.4. The highest BCUT2D eigenvalue weighted by Gasteiger charge is 2.38. The van der Waals surface area contributed by atoms with Gasteiger partial charge in [0.2, 0.25) is 29.5 Å². The lowest BCUT2D eigenvalue weighted by molar-refractivity contribution is -0.149. The number of hydrogen-bond acceptors (Lipinski definition) is 11. The second-order valence-corrected chi connectivity index (χ2v) is 13.4. The third-order valence-electron chi connectivity index (χ3n) is 8.53. The van der Waals surface area contributed by atoms with Crippen LogP contribution in [-0.4, -0.2) is 138 Å². The van der Waals surface area contributed by atoms with Crippen molar-refractivity contribution in [1.29, 1.82) is 0 Å². The lowest BCUT2D eigenvalue weighted by Gasteiger charge is -2.29. The van der Waals surface area contributed by atoms with Crippen molar-refractivity contribution in [2.75, 3.05) is 32.7 Å². The lowest BCUT2D eigenvalue weighted by Crippen LogP contribution is -2.59. The number of nitrogens with two attached hydrogens (primary N) is 9. The van der Waals surface area contributed by atoms with Crippen molar-refractivity contribution in [3.8, 4) is 0 Å². The summed E-state index contributed by atoms with van der Waals surface area (Å²) >= 11 is 0. The second kappa shape index (κ2) is 25.8. The molecule has 0 spiro atoms. The first-order valence-electron chi connectivity index (χ1n) is 18.6. The summed E-state index contributed by atoms with van der Waals surface area (Å²) in [4.78, 5) is 96.6. The first-order valence-corrected chi connectivity index (χ1v) is 18.6. The van der Waals surface area contributed by atoms with E-state index in [0.717, 1.165) is 0 Å². The molecule has 322 valence electrons. The summed E-state index contributed by atoms with van der Waals surface area (Å²) in [6, 6.07) is -7.01. The summed E-state index contributed by atoms with van der Waals surface area (Å²) in [6.45, 7) is 2.02. The molecular weight excluding hydrogens is 748 g/mol. The average molecular weight is 811 g/mol. The van der Waals surface area contributed by atoms with Gasteiger partial charge in [0, 0.05) is 32.7 Å². The molecule has 0 aromatic rings. The van der Waals surface area contributed by atoms with Crippen LogP contribution in [0, 0.1) is 0 Å². The zero-order valence-electron chi connectivity index (χ0n) is 32.4. The van der Waals surface area contributed by atoms with E-state index in [4.69, 9.17) is 51.6 Å². The highest BCUT2D eigenvalue weighted by atomic mass is 16.4. The summed E-state index contributed by atoms with van der Waals surface area (Å²) in [5.74, 6) is -5.49. The first-order chi connectivity index (χ1) is 26.8. The number of carboxylic acids is 1. The molecule has 6 atom stereocenters. The van der Waals surface area contributed by atoms with Crippen LogP contribution in [0.5, 0.6) is 0 Å². The molecule has 1 saturated heterocycles. The highest BCUT2D eigenvalue weighted by molar-refractivity contribution is 5.96. The second-order valence-electron chi connectivity index (χ2n) is 13.4. The van der Waals surface area contributed by atoms with Gasteiger partial charge in [-0.15, -0.1) is 0 Å². The van der Waals surface area contributed by atoms with Crippen LogP contribution in [0.15, 0.2) is 20.0 Å². The summed E-state index contributed by atoms with van der Waals surface area (Å²) in [5, 5.41) is 20.3. The van der Waals surface area contributed by atoms with Crippen LogP contribution < -0.4 is 72.9 Å². The Balaban J connectivity index is 3.45. The molecular formula is C32H62N18O7. The Morgan fingerprint density at radius 2 is 0.895 bits per heavy atom. The molecule has 25 heteroatoms. The maximum Gasteiger partial charge on any atom is 0.326 e. The first kappa shape index (κ1) is 48.9. The zero-order chi connectivity index (χ0) is 43.1. The number of nitrogens with zero attached hydrogens (tertiary/aromatic N) is 5. The van der Waals surface area contributed by atoms with Crippen LogP contribution in [0.25, 0.3) is 0 Å². The molecule has 25 nitrogen and oxygen atoms in total. The van der Waals surface area contributed by atoms with E-state index in [9.17, 15) is 33.9 Å². The van der Waals surface area contributed by atoms with Crippen molar-refractivity contribution in [2.45, 2.75) is 107 Å². The van der Waals surface area contributed by atoms with E-state index >= 15 is 0 Å². The van der Waals surface area contributed by atoms with Crippen molar-refractivity contribution in [3.05, 3.63) is 0 Å². The molecule has 0 bridgehead atoms. The molecule has 0 radical (unpaired) electrons. The van der Waals surface area contributed by atoms with Crippen LogP contribution in [0.1, 0.15) is 71.1 Å². The van der Waals surface area contributed by atoms with Crippen LogP contribution in [0.2, 0.25) is 0 Å². The van der Waals surface area contributed by atoms with Crippen molar-refractivity contribution in [2.24, 2.45) is 71.6 Å². The number of carbonyl (C=O) groups is 6. The molecule has 1 heterocycles. The van der Waals surface area contributed by atoms with Gasteiger partial charge in [-0.3, -0.25) is 43.9 Å². The number of aliphatic imine (C=N–C) groups is 4. The van der Waals surface area contributed by atoms with Gasteiger partial charge >= 0.3 is 5.97 Å². The van der Waals surface area contributed by atoms with Crippen LogP contribution in [-0.2, 0) is 28.8 Å². The number of likely N-dealkylation sites (tertiary alicyclic amines) is 1. The third kappa shape index (κ3) is 19.8. The molecule has 23 N–H and O–H groups in total. The fraction of sp³-hybridized carbons (Fsp3) is 0.688. The molecule has 1 aliphatic rings. The van der Waals surface area contributed by atoms with Gasteiger partial charge in [0.1, 0.15) is 30.2 Å². The molecule has 0 aliphatic carbocycles. The maximum atomic E-state index is 14.0. The smallest absolute Gasteiger partial charge is 0.326 e. The van der Waals surface area contributed by atoms with Crippen LogP contribution >= 0.6 is 0 Å². The third-order valence-corrected chi connectivity index (χ3v) is 8.53. The Kier molecular flexibility index (Phi) is 22.2. The topological polar surface area (TPSA) is 458 Å². The summed E-state index contributed by atoms with van der Waals surface area (Å²) in [6.07, 6.45) is 1.63. The van der Waals surface area contributed by atoms with Gasteiger partial charge in [-0.1, -0.05) is 0 Å². The molecule has 0 aromatic carbocycles. The van der Waals surface area contributed by atoms with Crippen molar-refractivity contribution in [1.82, 2.24) is 26.2 Å². The summed E-state index contributed by atoms with van der Waals surface area (Å²) in [5.41, 5.74) is 49.2. The van der Waals surface area contributed by atoms with E-state index in [-0.39, 0.29) is 114 Å². The van der Waals surface area contributed by atoms with E-state index in [2.05, 4.69) is 41.2 Å². The fourth-order valence-electron chi connectivity index (χ4n) is 5.69. The van der Waals surface area contributed by atoms with E-state index in [1.165, 1.54) is 11.8 Å². The van der Waals surface area contributed by atoms with Gasteiger partial charge in [-0.25, -0.2) is 4.79 Å². The minimum atomic E-state index is -1.31. The van der Waals surface area contributed by atoms with Gasteiger partial charge in [-0.05, 0) is 71.1 Å². The Morgan fingerprint density at radius 1 is 0.579 bits per heavy atom. The Bertz CT molecular complexity index is 1470. The standard InChI is InChI=1S/C32H62N18O7/c1-17(33)23(51)46-18(7-2-12-42-29(34)35)24(52)47-19(8-3-13-43-30(36)37)25(53)48-20(9-4-14-44-31(38)39)26(54)49-21(10-5-15-45-32(40)41)27(55)50-16-6-11-22(50)28(56)57/h17-22H,2-16,33H2,1H3,(H,46,51)(H,47,52)(H,48,53)(H,49,54)(H,56,57)(H4,34,35,42)(H4,36,37,43)(H4,38,39,44)(H4,40,41,45)/t17-,18-,19-,20-,21-,22-/m0/s1. The average Bonchev–Trinajstić information content (AvgIpc) is 3.63. The molecule has 5 amide bonds. The Hall–Kier alpha value is -6.14. The highest BCUT2D eigenvalue weighted by Crippen LogP contribution is 2.20. The molecule has 0 unspecified atom stereocenters. The van der Waals surface area contributed by atoms with Gasteiger partial charge in [0.15, 0.2) is 23.8 Å². The molecule has 1 rings (SSSR count). The van der Waals surface area contributed by atoms with Gasteiger partial charge in [0.25, 0.3) is 0 Å². The van der Waals surface area contributed by atoms with E-state index < -0.39 is 71.8 Å². The van der Waals surface area contributed by atoms with Gasteiger partial charge < -0.3 is 82.9 Å². The number of guanidine groups is 4. The number of nitrogens with one attached hydrogen (secondary N) is 4. The molecule has 57 heavy (non-hydrogen) atoms. The SMILES string of the molecule is C[C@H](N)C(=O)N[C@@H](CCCN=C(N)N)C(=O)N[C@@H](CCCN=C(N)N)C(=O)N[C@@H](CCCN=C(N)N)C(=O)N[C@@H](CCCN=C(N)N)C(=O)N1CCC[C@H]1C(=O)O. The normalized spacial score (nSPS) is 16.0. The quantitative estimate of drug-likeness (QED) is 0.0219. The number of carbonyl (C=O) groups excluding carboxylic acids is 5. The van der Waals surface area contributed by atoms with Crippen LogP contribution in [0.3, 0.4) is 0 Å². The number of amides is 5. The predicted octanol–water partition coefficient (Wildman–Crippen LogP) is -6.44. The molecule has 0 saturated carbocycles. The van der Waals surface area contributed by atoms with Gasteiger partial charge in [-0.2, -0.15) is 0 Å². The van der Waals surface area contributed by atoms with Crippen molar-refractivity contribution >= 4 is 59.3 Å². The number of rotatable bonds is 26. The van der Waals surface area contributed by atoms with E-state index in [0.29, 0.717) is 6.42 Å². The van der Waals surface area contributed by atoms with E-state index in [1.54, 1.807) is 0 Å². The molecule has 0 aromatic heterocycles. The lowest BCUT2D eigenvalue weighted by atomic mass is 10.0. The Labute approximate surface area is 330 Å². The monoisotopic (exact) mass is 811 g/mol. The van der Waals surface area contributed by atoms with Gasteiger partial charge in [0.05, 0.1) is 6.04 Å². The number of carboxylic acid groups (broad SMARTS) is 1. The largest absolute Gasteiger partial charge is 0.480 e. The molecule has 1 fully saturated rings. The summed E-state index contributed by atoms with van der Waals surface area (Å²) < 4.78 is 0. The van der Waals surface area contributed by atoms with Crippen molar-refractivity contribution in [3.63, 3.8) is 0 Å². The fourth-order valence-corrected chi connectivity index (χ4v) is 5.69. The summed E-state index contributed by atoms with van der Waals surface area (Å²) in [7, 11) is 0. The minimum absolute atomic E-state index is 0.0178.